The second-order valence-electron chi connectivity index (χ2n) is 1.53. The summed E-state index contributed by atoms with van der Waals surface area (Å²) in [6.07, 6.45) is -3.49. The molecule has 55 valence electrons. The molecule has 2 atom stereocenters. The number of aliphatic hydroxyl groups is 3. The number of hydrogen-bond donors (Lipinski definition) is 4. The smallest absolute Gasteiger partial charge is 0.335 e. The molecular formula is C4H8NaO5. The van der Waals surface area contributed by atoms with E-state index < -0.39 is 24.8 Å². The van der Waals surface area contributed by atoms with Gasteiger partial charge < -0.3 is 20.4 Å². The first-order valence-electron chi connectivity index (χ1n) is 2.29. The van der Waals surface area contributed by atoms with Crippen LogP contribution >= 0.6 is 0 Å². The molecule has 0 saturated carbocycles. The molecule has 0 spiro atoms. The normalized spacial score (nSPS) is 15.1. The van der Waals surface area contributed by atoms with E-state index in [0.29, 0.717) is 0 Å². The van der Waals surface area contributed by atoms with Crippen LogP contribution in [0.4, 0.5) is 0 Å². The van der Waals surface area contributed by atoms with Gasteiger partial charge in [0.2, 0.25) is 0 Å². The molecule has 0 aliphatic heterocycles. The van der Waals surface area contributed by atoms with Crippen molar-refractivity contribution in [3.05, 3.63) is 0 Å². The van der Waals surface area contributed by atoms with Crippen LogP contribution in [0.2, 0.25) is 0 Å². The van der Waals surface area contributed by atoms with Gasteiger partial charge in [-0.3, -0.25) is 0 Å². The summed E-state index contributed by atoms with van der Waals surface area (Å²) in [5.74, 6) is -1.54. The van der Waals surface area contributed by atoms with Crippen LogP contribution in [0.25, 0.3) is 0 Å². The van der Waals surface area contributed by atoms with Gasteiger partial charge in [-0.05, 0) is 0 Å². The van der Waals surface area contributed by atoms with Crippen LogP contribution < -0.4 is 0 Å². The summed E-state index contributed by atoms with van der Waals surface area (Å²) < 4.78 is 0. The maximum absolute atomic E-state index is 9.78. The van der Waals surface area contributed by atoms with Gasteiger partial charge >= 0.3 is 5.97 Å². The van der Waals surface area contributed by atoms with Crippen LogP contribution in [0.3, 0.4) is 0 Å². The molecule has 4 N–H and O–H groups in total. The standard InChI is InChI=1S/C4H8O5.Na/c5-1-2(6)3(7)4(8)9;/h2-3,5-7H,1H2,(H,8,9);/t2-,3-;/m1./s1. The van der Waals surface area contributed by atoms with E-state index >= 15 is 0 Å². The molecule has 0 heterocycles. The summed E-state index contributed by atoms with van der Waals surface area (Å²) in [4.78, 5) is 9.78. The van der Waals surface area contributed by atoms with Gasteiger partial charge in [0.15, 0.2) is 6.10 Å². The molecule has 10 heavy (non-hydrogen) atoms. The van der Waals surface area contributed by atoms with E-state index in [0.717, 1.165) is 0 Å². The number of carbonyl (C=O) groups is 1. The third-order valence-electron chi connectivity index (χ3n) is 0.805. The van der Waals surface area contributed by atoms with Gasteiger partial charge in [-0.15, -0.1) is 0 Å². The van der Waals surface area contributed by atoms with E-state index in [1.165, 1.54) is 0 Å². The number of hydrogen-bond acceptors (Lipinski definition) is 4. The zero-order chi connectivity index (χ0) is 7.44. The van der Waals surface area contributed by atoms with Gasteiger partial charge in [0.05, 0.1) is 6.61 Å². The second-order valence-corrected chi connectivity index (χ2v) is 1.53. The maximum atomic E-state index is 9.78. The molecule has 0 fully saturated rings. The SMILES string of the molecule is O=C(O)[C@H](O)[C@H](O)CO.[Na]. The van der Waals surface area contributed by atoms with Crippen LogP contribution in [0.5, 0.6) is 0 Å². The molecule has 0 bridgehead atoms. The Morgan fingerprint density at radius 1 is 1.40 bits per heavy atom. The maximum Gasteiger partial charge on any atom is 0.335 e. The summed E-state index contributed by atoms with van der Waals surface area (Å²) in [6.45, 7) is -0.756. The van der Waals surface area contributed by atoms with Gasteiger partial charge in [0, 0.05) is 29.6 Å². The van der Waals surface area contributed by atoms with Crippen molar-refractivity contribution in [2.75, 3.05) is 6.61 Å². The van der Waals surface area contributed by atoms with Gasteiger partial charge in [0.1, 0.15) is 6.10 Å². The largest absolute Gasteiger partial charge is 0.479 e. The Bertz CT molecular complexity index is 106. The molecule has 0 amide bonds. The summed E-state index contributed by atoms with van der Waals surface area (Å²) >= 11 is 0. The minimum atomic E-state index is -1.89. The fourth-order valence-corrected chi connectivity index (χ4v) is 0.264. The van der Waals surface area contributed by atoms with Gasteiger partial charge in [-0.1, -0.05) is 0 Å². The van der Waals surface area contributed by atoms with Crippen LogP contribution in [-0.2, 0) is 4.79 Å². The first-order chi connectivity index (χ1) is 4.09. The third kappa shape index (κ3) is 4.21. The third-order valence-corrected chi connectivity index (χ3v) is 0.805. The van der Waals surface area contributed by atoms with Crippen molar-refractivity contribution >= 4 is 35.5 Å². The van der Waals surface area contributed by atoms with E-state index in [-0.39, 0.29) is 29.6 Å². The Morgan fingerprint density at radius 2 is 1.80 bits per heavy atom. The minimum absolute atomic E-state index is 0. The van der Waals surface area contributed by atoms with Gasteiger partial charge in [-0.2, -0.15) is 0 Å². The first kappa shape index (κ1) is 13.0. The van der Waals surface area contributed by atoms with Crippen molar-refractivity contribution in [2.45, 2.75) is 12.2 Å². The quantitative estimate of drug-likeness (QED) is 0.338. The minimum Gasteiger partial charge on any atom is -0.479 e. The first-order valence-corrected chi connectivity index (χ1v) is 2.29. The second kappa shape index (κ2) is 6.09. The number of aliphatic carboxylic acids is 1. The fourth-order valence-electron chi connectivity index (χ4n) is 0.264. The van der Waals surface area contributed by atoms with Crippen molar-refractivity contribution in [1.29, 1.82) is 0 Å². The molecular weight excluding hydrogens is 151 g/mol. The molecule has 6 heteroatoms. The zero-order valence-electron chi connectivity index (χ0n) is 5.56. The number of carboxylic acids is 1. The van der Waals surface area contributed by atoms with Crippen molar-refractivity contribution < 1.29 is 25.2 Å². The Balaban J connectivity index is 0. The summed E-state index contributed by atoms with van der Waals surface area (Å²) in [5.41, 5.74) is 0. The van der Waals surface area contributed by atoms with E-state index in [9.17, 15) is 4.79 Å². The predicted molar refractivity (Wildman–Crippen MR) is 32.5 cm³/mol. The predicted octanol–water partition coefficient (Wildman–Crippen LogP) is -2.60. The molecule has 0 aliphatic rings. The van der Waals surface area contributed by atoms with Crippen molar-refractivity contribution in [1.82, 2.24) is 0 Å². The van der Waals surface area contributed by atoms with E-state index in [1.54, 1.807) is 0 Å². The number of carboxylic acid groups (broad SMARTS) is 1. The van der Waals surface area contributed by atoms with Gasteiger partial charge in [-0.25, -0.2) is 4.79 Å². The van der Waals surface area contributed by atoms with E-state index in [1.807, 2.05) is 0 Å². The van der Waals surface area contributed by atoms with Crippen molar-refractivity contribution in [3.8, 4) is 0 Å². The van der Waals surface area contributed by atoms with Gasteiger partial charge in [0.25, 0.3) is 0 Å². The van der Waals surface area contributed by atoms with Crippen LogP contribution in [0.15, 0.2) is 0 Å². The Hall–Kier alpha value is 0.350. The average molecular weight is 159 g/mol. The van der Waals surface area contributed by atoms with Crippen LogP contribution in [0, 0.1) is 0 Å². The molecule has 0 aromatic carbocycles. The molecule has 0 aromatic rings. The number of rotatable bonds is 3. The summed E-state index contributed by atoms with van der Waals surface area (Å²) in [6, 6.07) is 0. The monoisotopic (exact) mass is 159 g/mol. The Labute approximate surface area is 79.6 Å². The van der Waals surface area contributed by atoms with E-state index in [2.05, 4.69) is 0 Å². The molecule has 0 rings (SSSR count). The molecule has 0 aromatic heterocycles. The molecule has 0 saturated heterocycles. The zero-order valence-corrected chi connectivity index (χ0v) is 7.56. The molecule has 1 radical (unpaired) electrons. The molecule has 0 unspecified atom stereocenters. The van der Waals surface area contributed by atoms with Crippen molar-refractivity contribution in [2.24, 2.45) is 0 Å². The van der Waals surface area contributed by atoms with E-state index in [4.69, 9.17) is 20.4 Å². The van der Waals surface area contributed by atoms with Crippen LogP contribution in [-0.4, -0.2) is 74.8 Å². The van der Waals surface area contributed by atoms with Crippen molar-refractivity contribution in [3.63, 3.8) is 0 Å². The summed E-state index contributed by atoms with van der Waals surface area (Å²) in [7, 11) is 0. The Morgan fingerprint density at radius 3 is 1.90 bits per heavy atom. The molecule has 0 aliphatic carbocycles. The average Bonchev–Trinajstić information content (AvgIpc) is 1.84. The molecule has 5 nitrogen and oxygen atoms in total. The van der Waals surface area contributed by atoms with Crippen LogP contribution in [0.1, 0.15) is 0 Å². The Kier molecular flexibility index (Phi) is 7.90. The topological polar surface area (TPSA) is 98.0 Å². The summed E-state index contributed by atoms with van der Waals surface area (Å²) in [5, 5.41) is 32.8. The number of aliphatic hydroxyl groups excluding tert-OH is 3. The fraction of sp³-hybridized carbons (Fsp3) is 0.750.